The summed E-state index contributed by atoms with van der Waals surface area (Å²) in [5.74, 6) is -1.64. The van der Waals surface area contributed by atoms with E-state index in [2.05, 4.69) is 14.8 Å². The summed E-state index contributed by atoms with van der Waals surface area (Å²) in [6, 6.07) is 0. The number of rotatable bonds is 6. The van der Waals surface area contributed by atoms with E-state index < -0.39 is 17.5 Å². The Hall–Kier alpha value is -1.63. The Morgan fingerprint density at radius 1 is 1.16 bits per heavy atom. The molecular weight excluding hydrogens is 252 g/mol. The van der Waals surface area contributed by atoms with E-state index in [9.17, 15) is 14.4 Å². The lowest BCUT2D eigenvalue weighted by Gasteiger charge is -2.35. The van der Waals surface area contributed by atoms with Crippen LogP contribution in [-0.2, 0) is 23.9 Å². The molecule has 1 heterocycles. The van der Waals surface area contributed by atoms with Gasteiger partial charge in [-0.1, -0.05) is 6.42 Å². The van der Waals surface area contributed by atoms with Gasteiger partial charge in [-0.15, -0.1) is 0 Å². The quantitative estimate of drug-likeness (QED) is 0.391. The molecule has 19 heavy (non-hydrogen) atoms. The highest BCUT2D eigenvalue weighted by Crippen LogP contribution is 2.16. The first-order valence-electron chi connectivity index (χ1n) is 6.21. The summed E-state index contributed by atoms with van der Waals surface area (Å²) < 4.78 is 9.29. The molecule has 1 aliphatic heterocycles. The number of carbonyl (C=O) groups excluding carboxylic acids is 3. The number of esters is 2. The summed E-state index contributed by atoms with van der Waals surface area (Å²) in [5.41, 5.74) is -1.79. The van der Waals surface area contributed by atoms with Crippen LogP contribution in [0.2, 0.25) is 0 Å². The first-order chi connectivity index (χ1) is 9.10. The molecule has 0 bridgehead atoms. The molecule has 7 heteroatoms. The van der Waals surface area contributed by atoms with E-state index in [1.807, 2.05) is 4.90 Å². The predicted octanol–water partition coefficient (Wildman–Crippen LogP) is -0.697. The second-order valence-corrected chi connectivity index (χ2v) is 4.49. The largest absolute Gasteiger partial charge is 0.467 e. The van der Waals surface area contributed by atoms with Crippen molar-refractivity contribution in [2.75, 3.05) is 33.9 Å². The van der Waals surface area contributed by atoms with Crippen molar-refractivity contribution >= 4 is 18.3 Å². The molecule has 1 amide bonds. The van der Waals surface area contributed by atoms with Crippen molar-refractivity contribution in [1.29, 1.82) is 0 Å². The maximum absolute atomic E-state index is 11.9. The maximum atomic E-state index is 11.9. The van der Waals surface area contributed by atoms with Crippen LogP contribution in [0.25, 0.3) is 0 Å². The standard InChI is InChI=1S/C12H20N2O5/c1-18-10(16)12(13-9-15,11(17)19-2)8-14-6-4-3-5-7-14/h9H,3-8H2,1-2H3,(H,13,15). The van der Waals surface area contributed by atoms with Crippen LogP contribution in [-0.4, -0.2) is 62.6 Å². The minimum atomic E-state index is -1.79. The molecule has 0 atom stereocenters. The Morgan fingerprint density at radius 2 is 1.68 bits per heavy atom. The van der Waals surface area contributed by atoms with Gasteiger partial charge >= 0.3 is 11.9 Å². The van der Waals surface area contributed by atoms with E-state index >= 15 is 0 Å². The van der Waals surface area contributed by atoms with Gasteiger partial charge in [-0.3, -0.25) is 9.69 Å². The summed E-state index contributed by atoms with van der Waals surface area (Å²) in [6.07, 6.45) is 3.44. The SMILES string of the molecule is COC(=O)C(CN1CCCCC1)(NC=O)C(=O)OC. The van der Waals surface area contributed by atoms with Crippen LogP contribution >= 0.6 is 0 Å². The number of hydrogen-bond acceptors (Lipinski definition) is 6. The highest BCUT2D eigenvalue weighted by molar-refractivity contribution is 6.06. The zero-order valence-corrected chi connectivity index (χ0v) is 11.3. The fourth-order valence-electron chi connectivity index (χ4n) is 2.28. The number of likely N-dealkylation sites (tertiary alicyclic amines) is 1. The van der Waals surface area contributed by atoms with Crippen molar-refractivity contribution in [1.82, 2.24) is 10.2 Å². The Balaban J connectivity index is 2.95. The number of nitrogens with zero attached hydrogens (tertiary/aromatic N) is 1. The Bertz CT molecular complexity index is 323. The van der Waals surface area contributed by atoms with Crippen molar-refractivity contribution in [2.45, 2.75) is 24.8 Å². The molecule has 0 aromatic carbocycles. The first kappa shape index (κ1) is 15.4. The van der Waals surface area contributed by atoms with Gasteiger partial charge in [0, 0.05) is 6.54 Å². The van der Waals surface area contributed by atoms with Gasteiger partial charge in [-0.25, -0.2) is 9.59 Å². The fraction of sp³-hybridized carbons (Fsp3) is 0.750. The minimum absolute atomic E-state index is 0.0606. The smallest absolute Gasteiger partial charge is 0.344 e. The third-order valence-electron chi connectivity index (χ3n) is 3.28. The number of hydrogen-bond donors (Lipinski definition) is 1. The second kappa shape index (κ2) is 7.08. The van der Waals surface area contributed by atoms with Crippen molar-refractivity contribution in [3.05, 3.63) is 0 Å². The molecule has 0 aromatic rings. The molecule has 7 nitrogen and oxygen atoms in total. The van der Waals surface area contributed by atoms with Crippen LogP contribution in [0, 0.1) is 0 Å². The maximum Gasteiger partial charge on any atom is 0.344 e. The molecule has 1 aliphatic rings. The van der Waals surface area contributed by atoms with Crippen molar-refractivity contribution in [3.63, 3.8) is 0 Å². The molecule has 0 saturated carbocycles. The molecule has 0 aromatic heterocycles. The predicted molar refractivity (Wildman–Crippen MR) is 66.3 cm³/mol. The first-order valence-corrected chi connectivity index (χ1v) is 6.21. The third-order valence-corrected chi connectivity index (χ3v) is 3.28. The summed E-state index contributed by atoms with van der Waals surface area (Å²) in [5, 5.41) is 2.27. The van der Waals surface area contributed by atoms with Gasteiger partial charge in [-0.2, -0.15) is 0 Å². The Labute approximate surface area is 112 Å². The van der Waals surface area contributed by atoms with Crippen LogP contribution in [0.1, 0.15) is 19.3 Å². The molecular formula is C12H20N2O5. The van der Waals surface area contributed by atoms with E-state index in [1.54, 1.807) is 0 Å². The van der Waals surface area contributed by atoms with Gasteiger partial charge < -0.3 is 14.8 Å². The Morgan fingerprint density at radius 3 is 2.11 bits per heavy atom. The van der Waals surface area contributed by atoms with Gasteiger partial charge in [0.1, 0.15) is 0 Å². The van der Waals surface area contributed by atoms with Crippen LogP contribution in [0.4, 0.5) is 0 Å². The summed E-state index contributed by atoms with van der Waals surface area (Å²) >= 11 is 0. The van der Waals surface area contributed by atoms with E-state index in [0.717, 1.165) is 32.4 Å². The lowest BCUT2D eigenvalue weighted by atomic mass is 9.97. The normalized spacial score (nSPS) is 16.5. The van der Waals surface area contributed by atoms with Crippen molar-refractivity contribution < 1.29 is 23.9 Å². The van der Waals surface area contributed by atoms with Crippen LogP contribution in [0.3, 0.4) is 0 Å². The highest BCUT2D eigenvalue weighted by Gasteiger charge is 2.49. The summed E-state index contributed by atoms with van der Waals surface area (Å²) in [7, 11) is 2.34. The fourth-order valence-corrected chi connectivity index (χ4v) is 2.28. The van der Waals surface area contributed by atoms with Gasteiger partial charge in [0.05, 0.1) is 14.2 Å². The number of methoxy groups -OCH3 is 2. The summed E-state index contributed by atoms with van der Waals surface area (Å²) in [4.78, 5) is 36.6. The van der Waals surface area contributed by atoms with Crippen LogP contribution < -0.4 is 5.32 Å². The number of amides is 1. The zero-order valence-electron chi connectivity index (χ0n) is 11.3. The van der Waals surface area contributed by atoms with Crippen molar-refractivity contribution in [3.8, 4) is 0 Å². The lowest BCUT2D eigenvalue weighted by molar-refractivity contribution is -0.165. The molecule has 0 spiro atoms. The average Bonchev–Trinajstić information content (AvgIpc) is 2.46. The van der Waals surface area contributed by atoms with Crippen molar-refractivity contribution in [2.24, 2.45) is 0 Å². The van der Waals surface area contributed by atoms with Gasteiger partial charge in [0.2, 0.25) is 11.9 Å². The molecule has 1 rings (SSSR count). The highest BCUT2D eigenvalue weighted by atomic mass is 16.5. The van der Waals surface area contributed by atoms with E-state index in [0.29, 0.717) is 6.41 Å². The van der Waals surface area contributed by atoms with Crippen LogP contribution in [0.15, 0.2) is 0 Å². The number of nitrogens with one attached hydrogen (secondary N) is 1. The van der Waals surface area contributed by atoms with E-state index in [4.69, 9.17) is 0 Å². The Kier molecular flexibility index (Phi) is 5.75. The minimum Gasteiger partial charge on any atom is -0.467 e. The number of carbonyl (C=O) groups is 3. The van der Waals surface area contributed by atoms with E-state index in [1.165, 1.54) is 14.2 Å². The third kappa shape index (κ3) is 3.44. The second-order valence-electron chi connectivity index (χ2n) is 4.49. The topological polar surface area (TPSA) is 84.9 Å². The van der Waals surface area contributed by atoms with Crippen LogP contribution in [0.5, 0.6) is 0 Å². The molecule has 1 N–H and O–H groups in total. The van der Waals surface area contributed by atoms with Gasteiger partial charge in [0.15, 0.2) is 0 Å². The zero-order chi connectivity index (χ0) is 14.3. The van der Waals surface area contributed by atoms with Gasteiger partial charge in [-0.05, 0) is 25.9 Å². The molecule has 1 fully saturated rings. The molecule has 0 unspecified atom stereocenters. The average molecular weight is 272 g/mol. The monoisotopic (exact) mass is 272 g/mol. The molecule has 0 radical (unpaired) electrons. The molecule has 1 saturated heterocycles. The van der Waals surface area contributed by atoms with Gasteiger partial charge in [0.25, 0.3) is 0 Å². The number of ether oxygens (including phenoxy) is 2. The number of piperidine rings is 1. The van der Waals surface area contributed by atoms with E-state index in [-0.39, 0.29) is 6.54 Å². The molecule has 0 aliphatic carbocycles. The summed E-state index contributed by atoms with van der Waals surface area (Å²) in [6.45, 7) is 1.61. The lowest BCUT2D eigenvalue weighted by Crippen LogP contribution is -2.65. The molecule has 108 valence electrons.